The van der Waals surface area contributed by atoms with E-state index in [1.165, 1.54) is 0 Å². The highest BCUT2D eigenvalue weighted by atomic mass is 19.1. The number of nitrogens with two attached hydrogens (primary N) is 1. The molecule has 1 saturated heterocycles. The Kier molecular flexibility index (Phi) is 4.14. The van der Waals surface area contributed by atoms with Crippen molar-refractivity contribution < 1.29 is 9.13 Å². The number of hydrogen-bond donors (Lipinski definition) is 1. The molecule has 1 fully saturated rings. The summed E-state index contributed by atoms with van der Waals surface area (Å²) in [5.41, 5.74) is 6.88. The summed E-state index contributed by atoms with van der Waals surface area (Å²) in [6, 6.07) is 2.21. The van der Waals surface area contributed by atoms with Gasteiger partial charge in [-0.1, -0.05) is 0 Å². The molecule has 1 aromatic rings. The van der Waals surface area contributed by atoms with Gasteiger partial charge in [0.05, 0.1) is 18.1 Å². The third kappa shape index (κ3) is 3.30. The van der Waals surface area contributed by atoms with Crippen LogP contribution in [0.15, 0.2) is 18.5 Å². The zero-order valence-electron chi connectivity index (χ0n) is 9.81. The van der Waals surface area contributed by atoms with Gasteiger partial charge in [0.15, 0.2) is 0 Å². The highest BCUT2D eigenvalue weighted by Crippen LogP contribution is 2.22. The molecule has 0 aliphatic carbocycles. The predicted molar refractivity (Wildman–Crippen MR) is 65.1 cm³/mol. The number of nitrogens with zero attached hydrogens (tertiary/aromatic N) is 2. The van der Waals surface area contributed by atoms with Gasteiger partial charge in [-0.25, -0.2) is 4.39 Å². The molecule has 1 aliphatic heterocycles. The van der Waals surface area contributed by atoms with Crippen molar-refractivity contribution in [1.82, 2.24) is 4.98 Å². The third-order valence-corrected chi connectivity index (χ3v) is 2.95. The van der Waals surface area contributed by atoms with E-state index in [0.29, 0.717) is 11.8 Å². The SMILES string of the molecule is NC1CCN(c2cncc(OCCF)c2)CC1. The van der Waals surface area contributed by atoms with E-state index >= 15 is 0 Å². The minimum Gasteiger partial charge on any atom is -0.489 e. The maximum Gasteiger partial charge on any atom is 0.139 e. The van der Waals surface area contributed by atoms with Gasteiger partial charge in [0.2, 0.25) is 0 Å². The predicted octanol–water partition coefficient (Wildman–Crippen LogP) is 1.36. The molecule has 0 spiro atoms. The van der Waals surface area contributed by atoms with Crippen molar-refractivity contribution in [3.05, 3.63) is 18.5 Å². The Morgan fingerprint density at radius 2 is 2.18 bits per heavy atom. The van der Waals surface area contributed by atoms with Gasteiger partial charge >= 0.3 is 0 Å². The number of piperidine rings is 1. The lowest BCUT2D eigenvalue weighted by atomic mass is 10.1. The van der Waals surface area contributed by atoms with E-state index in [1.807, 2.05) is 6.07 Å². The van der Waals surface area contributed by atoms with Crippen molar-refractivity contribution in [2.24, 2.45) is 5.73 Å². The summed E-state index contributed by atoms with van der Waals surface area (Å²) in [6.07, 6.45) is 5.40. The van der Waals surface area contributed by atoms with E-state index in [1.54, 1.807) is 12.4 Å². The Hall–Kier alpha value is -1.36. The van der Waals surface area contributed by atoms with Gasteiger partial charge in [0.1, 0.15) is 19.0 Å². The largest absolute Gasteiger partial charge is 0.489 e. The fraction of sp³-hybridized carbons (Fsp3) is 0.583. The van der Waals surface area contributed by atoms with Crippen LogP contribution in [0.1, 0.15) is 12.8 Å². The van der Waals surface area contributed by atoms with Crippen molar-refractivity contribution in [1.29, 1.82) is 0 Å². The minimum atomic E-state index is -0.483. The number of pyridine rings is 1. The van der Waals surface area contributed by atoms with Crippen molar-refractivity contribution in [3.63, 3.8) is 0 Å². The van der Waals surface area contributed by atoms with Crippen molar-refractivity contribution in [2.75, 3.05) is 31.3 Å². The first-order valence-corrected chi connectivity index (χ1v) is 5.94. The molecule has 17 heavy (non-hydrogen) atoms. The number of aromatic nitrogens is 1. The quantitative estimate of drug-likeness (QED) is 0.862. The Labute approximate surface area is 101 Å². The summed E-state index contributed by atoms with van der Waals surface area (Å²) in [7, 11) is 0. The average molecular weight is 239 g/mol. The lowest BCUT2D eigenvalue weighted by molar-refractivity contribution is 0.272. The molecule has 0 atom stereocenters. The molecule has 0 aromatic carbocycles. The molecule has 0 saturated carbocycles. The zero-order valence-corrected chi connectivity index (χ0v) is 9.81. The zero-order chi connectivity index (χ0) is 12.1. The van der Waals surface area contributed by atoms with Crippen LogP contribution in [0.25, 0.3) is 0 Å². The summed E-state index contributed by atoms with van der Waals surface area (Å²) >= 11 is 0. The van der Waals surface area contributed by atoms with E-state index in [2.05, 4.69) is 9.88 Å². The highest BCUT2D eigenvalue weighted by molar-refractivity contribution is 5.48. The maximum absolute atomic E-state index is 12.0. The number of halogens is 1. The molecule has 0 unspecified atom stereocenters. The summed E-state index contributed by atoms with van der Waals surface area (Å²) in [5, 5.41) is 0. The molecule has 0 bridgehead atoms. The molecule has 94 valence electrons. The molecule has 1 aliphatic rings. The fourth-order valence-electron chi connectivity index (χ4n) is 1.97. The molecule has 1 aromatic heterocycles. The van der Waals surface area contributed by atoms with E-state index < -0.39 is 6.67 Å². The Bertz CT molecular complexity index is 353. The molecule has 2 rings (SSSR count). The molecule has 2 heterocycles. The van der Waals surface area contributed by atoms with E-state index in [4.69, 9.17) is 10.5 Å². The van der Waals surface area contributed by atoms with Crippen LogP contribution < -0.4 is 15.4 Å². The fourth-order valence-corrected chi connectivity index (χ4v) is 1.97. The van der Waals surface area contributed by atoms with Crippen molar-refractivity contribution >= 4 is 5.69 Å². The van der Waals surface area contributed by atoms with Crippen LogP contribution >= 0.6 is 0 Å². The summed E-state index contributed by atoms with van der Waals surface area (Å²) in [5.74, 6) is 0.620. The highest BCUT2D eigenvalue weighted by Gasteiger charge is 2.16. The first kappa shape index (κ1) is 12.1. The second kappa shape index (κ2) is 5.82. The van der Waals surface area contributed by atoms with Gasteiger partial charge in [-0.05, 0) is 12.8 Å². The molecule has 2 N–H and O–H groups in total. The van der Waals surface area contributed by atoms with Crippen LogP contribution in [-0.2, 0) is 0 Å². The third-order valence-electron chi connectivity index (χ3n) is 2.95. The monoisotopic (exact) mass is 239 g/mol. The van der Waals surface area contributed by atoms with Crippen LogP contribution in [0, 0.1) is 0 Å². The number of anilines is 1. The number of alkyl halides is 1. The number of rotatable bonds is 4. The van der Waals surface area contributed by atoms with Crippen LogP contribution in [-0.4, -0.2) is 37.4 Å². The van der Waals surface area contributed by atoms with Gasteiger partial charge in [0.25, 0.3) is 0 Å². The van der Waals surface area contributed by atoms with Crippen molar-refractivity contribution in [2.45, 2.75) is 18.9 Å². The molecular weight excluding hydrogens is 221 g/mol. The van der Waals surface area contributed by atoms with Crippen LogP contribution in [0.5, 0.6) is 5.75 Å². The van der Waals surface area contributed by atoms with Gasteiger partial charge in [0, 0.05) is 25.2 Å². The number of ether oxygens (including phenoxy) is 1. The van der Waals surface area contributed by atoms with Crippen LogP contribution in [0.2, 0.25) is 0 Å². The maximum atomic E-state index is 12.0. The Morgan fingerprint density at radius 1 is 1.41 bits per heavy atom. The molecule has 5 heteroatoms. The Morgan fingerprint density at radius 3 is 2.88 bits per heavy atom. The number of hydrogen-bond acceptors (Lipinski definition) is 4. The minimum absolute atomic E-state index is 0.0794. The second-order valence-corrected chi connectivity index (χ2v) is 4.24. The second-order valence-electron chi connectivity index (χ2n) is 4.24. The van der Waals surface area contributed by atoms with Gasteiger partial charge in [-0.2, -0.15) is 0 Å². The Balaban J connectivity index is 2.00. The van der Waals surface area contributed by atoms with E-state index in [0.717, 1.165) is 31.6 Å². The molecule has 4 nitrogen and oxygen atoms in total. The van der Waals surface area contributed by atoms with E-state index in [-0.39, 0.29) is 6.61 Å². The van der Waals surface area contributed by atoms with Gasteiger partial charge in [-0.3, -0.25) is 4.98 Å². The lowest BCUT2D eigenvalue weighted by Crippen LogP contribution is -2.39. The summed E-state index contributed by atoms with van der Waals surface area (Å²) in [4.78, 5) is 6.35. The normalized spacial score (nSPS) is 17.2. The first-order valence-electron chi connectivity index (χ1n) is 5.94. The van der Waals surface area contributed by atoms with E-state index in [9.17, 15) is 4.39 Å². The lowest BCUT2D eigenvalue weighted by Gasteiger charge is -2.31. The van der Waals surface area contributed by atoms with Crippen LogP contribution in [0.4, 0.5) is 10.1 Å². The first-order chi connectivity index (χ1) is 8.29. The van der Waals surface area contributed by atoms with Gasteiger partial charge < -0.3 is 15.4 Å². The van der Waals surface area contributed by atoms with Crippen LogP contribution in [0.3, 0.4) is 0 Å². The summed E-state index contributed by atoms with van der Waals surface area (Å²) in [6.45, 7) is 1.48. The van der Waals surface area contributed by atoms with Crippen molar-refractivity contribution in [3.8, 4) is 5.75 Å². The van der Waals surface area contributed by atoms with Gasteiger partial charge in [-0.15, -0.1) is 0 Å². The summed E-state index contributed by atoms with van der Waals surface area (Å²) < 4.78 is 17.2. The molecule has 0 amide bonds. The smallest absolute Gasteiger partial charge is 0.139 e. The average Bonchev–Trinajstić information content (AvgIpc) is 2.37. The molecule has 0 radical (unpaired) electrons. The molecular formula is C12H18FN3O. The standard InChI is InChI=1S/C12H18FN3O/c13-3-6-17-12-7-11(8-15-9-12)16-4-1-10(14)2-5-16/h7-10H,1-6,14H2. The topological polar surface area (TPSA) is 51.4 Å².